The Hall–Kier alpha value is -3.35. The molecule has 0 aliphatic carbocycles. The normalized spacial score (nSPS) is 21.9. The van der Waals surface area contributed by atoms with Gasteiger partial charge in [0.05, 0.1) is 6.54 Å². The molecule has 1 atom stereocenters. The van der Waals surface area contributed by atoms with Gasteiger partial charge in [-0.2, -0.15) is 0 Å². The molecule has 2 aromatic rings. The van der Waals surface area contributed by atoms with Gasteiger partial charge in [-0.05, 0) is 23.3 Å². The second-order valence-electron chi connectivity index (χ2n) is 6.18. The number of aromatic hydroxyl groups is 1. The van der Waals surface area contributed by atoms with Crippen molar-refractivity contribution in [2.75, 3.05) is 6.54 Å². The lowest BCUT2D eigenvalue weighted by Gasteiger charge is -2.31. The zero-order chi connectivity index (χ0) is 17.6. The minimum atomic E-state index is -1.34. The van der Waals surface area contributed by atoms with Crippen molar-refractivity contribution in [1.29, 1.82) is 0 Å². The molecule has 25 heavy (non-hydrogen) atoms. The fraction of sp³-hybridized carbons (Fsp3) is 0.167. The molecule has 1 fully saturated rings. The van der Waals surface area contributed by atoms with E-state index in [1.165, 1.54) is 17.0 Å². The van der Waals surface area contributed by atoms with Gasteiger partial charge in [-0.25, -0.2) is 4.79 Å². The largest absolute Gasteiger partial charge is 0.508 e. The van der Waals surface area contributed by atoms with Crippen molar-refractivity contribution in [3.8, 4) is 5.75 Å². The number of rotatable bonds is 3. The average Bonchev–Trinajstić information content (AvgIpc) is 3.06. The van der Waals surface area contributed by atoms with Gasteiger partial charge in [0, 0.05) is 12.1 Å². The number of phenols is 1. The smallest absolute Gasteiger partial charge is 0.322 e. The van der Waals surface area contributed by atoms with Gasteiger partial charge in [0.15, 0.2) is 5.54 Å². The Bertz CT molecular complexity index is 896. The number of imide groups is 1. The first-order valence-corrected chi connectivity index (χ1v) is 7.80. The molecular formula is C18H15N3O4. The van der Waals surface area contributed by atoms with Crippen LogP contribution < -0.4 is 10.6 Å². The Kier molecular flexibility index (Phi) is 3.24. The van der Waals surface area contributed by atoms with E-state index in [-0.39, 0.29) is 18.2 Å². The van der Waals surface area contributed by atoms with Crippen LogP contribution in [-0.2, 0) is 16.9 Å². The van der Waals surface area contributed by atoms with Gasteiger partial charge in [-0.15, -0.1) is 0 Å². The number of hydrogen-bond acceptors (Lipinski definition) is 4. The molecule has 126 valence electrons. The first kappa shape index (κ1) is 15.2. The third-order valence-corrected chi connectivity index (χ3v) is 4.61. The van der Waals surface area contributed by atoms with Crippen LogP contribution >= 0.6 is 0 Å². The molecule has 2 aliphatic rings. The van der Waals surface area contributed by atoms with Crippen LogP contribution in [0.2, 0.25) is 0 Å². The third-order valence-electron chi connectivity index (χ3n) is 4.61. The summed E-state index contributed by atoms with van der Waals surface area (Å²) in [6, 6.07) is 12.9. The van der Waals surface area contributed by atoms with Crippen molar-refractivity contribution in [3.05, 3.63) is 65.2 Å². The molecule has 4 rings (SSSR count). The fourth-order valence-electron chi connectivity index (χ4n) is 3.38. The summed E-state index contributed by atoms with van der Waals surface area (Å²) in [4.78, 5) is 38.5. The molecule has 2 aliphatic heterocycles. The van der Waals surface area contributed by atoms with Gasteiger partial charge >= 0.3 is 6.03 Å². The number of amides is 4. The van der Waals surface area contributed by atoms with Gasteiger partial charge in [0.25, 0.3) is 11.8 Å². The Morgan fingerprint density at radius 2 is 1.84 bits per heavy atom. The lowest BCUT2D eigenvalue weighted by atomic mass is 9.89. The van der Waals surface area contributed by atoms with Gasteiger partial charge in [-0.3, -0.25) is 14.9 Å². The maximum Gasteiger partial charge on any atom is 0.322 e. The number of carbonyl (C=O) groups is 3. The molecule has 1 unspecified atom stereocenters. The van der Waals surface area contributed by atoms with E-state index in [0.717, 1.165) is 5.56 Å². The van der Waals surface area contributed by atoms with E-state index in [0.29, 0.717) is 17.7 Å². The number of hydrogen-bond donors (Lipinski definition) is 3. The third kappa shape index (κ3) is 2.32. The topological polar surface area (TPSA) is 98.7 Å². The van der Waals surface area contributed by atoms with Crippen molar-refractivity contribution in [1.82, 2.24) is 15.5 Å². The highest BCUT2D eigenvalue weighted by Gasteiger charge is 2.50. The van der Waals surface area contributed by atoms with Crippen LogP contribution in [0.15, 0.2) is 48.5 Å². The van der Waals surface area contributed by atoms with Crippen LogP contribution in [0, 0.1) is 0 Å². The average molecular weight is 337 g/mol. The van der Waals surface area contributed by atoms with E-state index in [1.54, 1.807) is 30.3 Å². The molecule has 2 aromatic carbocycles. The quantitative estimate of drug-likeness (QED) is 0.730. The Morgan fingerprint density at radius 3 is 2.52 bits per heavy atom. The van der Waals surface area contributed by atoms with Crippen molar-refractivity contribution in [3.63, 3.8) is 0 Å². The van der Waals surface area contributed by atoms with Crippen molar-refractivity contribution in [2.45, 2.75) is 12.1 Å². The molecule has 3 N–H and O–H groups in total. The molecule has 4 amide bonds. The summed E-state index contributed by atoms with van der Waals surface area (Å²) >= 11 is 0. The minimum absolute atomic E-state index is 0.00284. The highest BCUT2D eigenvalue weighted by molar-refractivity contribution is 6.08. The van der Waals surface area contributed by atoms with E-state index < -0.39 is 17.5 Å². The van der Waals surface area contributed by atoms with Gasteiger partial charge in [0.1, 0.15) is 5.75 Å². The maximum absolute atomic E-state index is 12.7. The van der Waals surface area contributed by atoms with Crippen LogP contribution in [0.4, 0.5) is 4.79 Å². The van der Waals surface area contributed by atoms with Crippen LogP contribution in [-0.4, -0.2) is 34.4 Å². The summed E-state index contributed by atoms with van der Waals surface area (Å²) in [5.74, 6) is -0.760. The molecule has 7 nitrogen and oxygen atoms in total. The van der Waals surface area contributed by atoms with Gasteiger partial charge in [-0.1, -0.05) is 36.4 Å². The first-order valence-electron chi connectivity index (χ1n) is 7.80. The number of carbonyl (C=O) groups excluding carboxylic acids is 3. The Balaban J connectivity index is 1.71. The number of nitrogens with one attached hydrogen (secondary N) is 2. The summed E-state index contributed by atoms with van der Waals surface area (Å²) in [5, 5.41) is 14.5. The van der Waals surface area contributed by atoms with Crippen LogP contribution in [0.5, 0.6) is 5.75 Å². The van der Waals surface area contributed by atoms with Crippen LogP contribution in [0.3, 0.4) is 0 Å². The molecule has 0 aromatic heterocycles. The maximum atomic E-state index is 12.7. The van der Waals surface area contributed by atoms with Crippen LogP contribution in [0.25, 0.3) is 0 Å². The lowest BCUT2D eigenvalue weighted by molar-refractivity contribution is -0.124. The molecule has 0 radical (unpaired) electrons. The molecule has 7 heteroatoms. The van der Waals surface area contributed by atoms with E-state index in [4.69, 9.17) is 0 Å². The number of benzene rings is 2. The lowest BCUT2D eigenvalue weighted by Crippen LogP contribution is -2.52. The first-order chi connectivity index (χ1) is 12.0. The monoisotopic (exact) mass is 337 g/mol. The molecular weight excluding hydrogens is 322 g/mol. The SMILES string of the molecule is O=C1NC(=O)C(CN2Cc3ccc(O)cc3C2=O)(c2ccccc2)N1. The number of phenolic OH excluding ortho intramolecular Hbond substituents is 1. The van der Waals surface area contributed by atoms with E-state index in [1.807, 2.05) is 6.07 Å². The molecule has 2 heterocycles. The highest BCUT2D eigenvalue weighted by atomic mass is 16.3. The van der Waals surface area contributed by atoms with Crippen LogP contribution in [0.1, 0.15) is 21.5 Å². The minimum Gasteiger partial charge on any atom is -0.508 e. The molecule has 1 saturated heterocycles. The Morgan fingerprint density at radius 1 is 1.08 bits per heavy atom. The summed E-state index contributed by atoms with van der Waals surface area (Å²) in [7, 11) is 0. The number of urea groups is 1. The van der Waals surface area contributed by atoms with Crippen molar-refractivity contribution < 1.29 is 19.5 Å². The number of fused-ring (bicyclic) bond motifs is 1. The molecule has 0 bridgehead atoms. The summed E-state index contributed by atoms with van der Waals surface area (Å²) in [6.07, 6.45) is 0. The summed E-state index contributed by atoms with van der Waals surface area (Å²) < 4.78 is 0. The standard InChI is InChI=1S/C18H15N3O4/c22-13-7-6-11-9-21(15(23)14(11)8-13)10-18(12-4-2-1-3-5-12)16(24)19-17(25)20-18/h1-8,22H,9-10H2,(H2,19,20,24,25). The highest BCUT2D eigenvalue weighted by Crippen LogP contribution is 2.32. The number of nitrogens with zero attached hydrogens (tertiary/aromatic N) is 1. The van der Waals surface area contributed by atoms with Crippen molar-refractivity contribution >= 4 is 17.8 Å². The second-order valence-corrected chi connectivity index (χ2v) is 6.18. The summed E-state index contributed by atoms with van der Waals surface area (Å²) in [6.45, 7) is 0.315. The predicted octanol–water partition coefficient (Wildman–Crippen LogP) is 1.08. The van der Waals surface area contributed by atoms with Gasteiger partial charge < -0.3 is 15.3 Å². The van der Waals surface area contributed by atoms with Crippen molar-refractivity contribution in [2.24, 2.45) is 0 Å². The molecule has 0 spiro atoms. The van der Waals surface area contributed by atoms with E-state index >= 15 is 0 Å². The molecule has 0 saturated carbocycles. The zero-order valence-corrected chi connectivity index (χ0v) is 13.2. The zero-order valence-electron chi connectivity index (χ0n) is 13.2. The second kappa shape index (κ2) is 5.34. The van der Waals surface area contributed by atoms with Gasteiger partial charge in [0.2, 0.25) is 0 Å². The Labute approximate surface area is 143 Å². The predicted molar refractivity (Wildman–Crippen MR) is 87.6 cm³/mol. The summed E-state index contributed by atoms with van der Waals surface area (Å²) in [5.41, 5.74) is 0.451. The fourth-order valence-corrected chi connectivity index (χ4v) is 3.38. The van der Waals surface area contributed by atoms with E-state index in [2.05, 4.69) is 10.6 Å². The van der Waals surface area contributed by atoms with E-state index in [9.17, 15) is 19.5 Å².